The lowest BCUT2D eigenvalue weighted by Crippen LogP contribution is -2.27. The van der Waals surface area contributed by atoms with Crippen molar-refractivity contribution in [2.45, 2.75) is 20.0 Å². The van der Waals surface area contributed by atoms with E-state index in [4.69, 9.17) is 4.84 Å². The van der Waals surface area contributed by atoms with E-state index in [1.165, 1.54) is 0 Å². The zero-order valence-corrected chi connectivity index (χ0v) is 9.67. The molecule has 0 aliphatic rings. The average molecular weight is 258 g/mol. The van der Waals surface area contributed by atoms with Gasteiger partial charge in [0.15, 0.2) is 0 Å². The van der Waals surface area contributed by atoms with Crippen LogP contribution >= 0.6 is 15.9 Å². The Morgan fingerprint density at radius 2 is 2.07 bits per heavy atom. The van der Waals surface area contributed by atoms with Gasteiger partial charge in [-0.15, -0.1) is 0 Å². The van der Waals surface area contributed by atoms with Crippen molar-refractivity contribution in [3.8, 4) is 0 Å². The minimum Gasteiger partial charge on any atom is -0.271 e. The van der Waals surface area contributed by atoms with Gasteiger partial charge in [-0.1, -0.05) is 12.1 Å². The number of hydrogen-bond donors (Lipinski definition) is 1. The topological polar surface area (TPSA) is 38.3 Å². The summed E-state index contributed by atoms with van der Waals surface area (Å²) in [5.41, 5.74) is 2.93. The van der Waals surface area contributed by atoms with Crippen molar-refractivity contribution in [1.29, 1.82) is 0 Å². The average Bonchev–Trinajstić information content (AvgIpc) is 2.15. The molecule has 1 aromatic rings. The van der Waals surface area contributed by atoms with E-state index in [2.05, 4.69) is 21.4 Å². The molecule has 0 bridgehead atoms. The quantitative estimate of drug-likeness (QED) is 0.846. The fourth-order valence-corrected chi connectivity index (χ4v) is 1.34. The molecule has 0 aliphatic carbocycles. The summed E-state index contributed by atoms with van der Waals surface area (Å²) < 4.78 is 0.754. The van der Waals surface area contributed by atoms with Gasteiger partial charge >= 0.3 is 0 Å². The molecule has 1 aromatic carbocycles. The van der Waals surface area contributed by atoms with Crippen LogP contribution in [0.15, 0.2) is 28.7 Å². The lowest BCUT2D eigenvalue weighted by molar-refractivity contribution is 0.000137. The summed E-state index contributed by atoms with van der Waals surface area (Å²) in [4.78, 5) is 16.5. The Bertz CT molecular complexity index is 326. The third kappa shape index (κ3) is 3.12. The normalized spacial score (nSPS) is 10.3. The molecule has 0 radical (unpaired) electrons. The molecule has 1 N–H and O–H groups in total. The molecular formula is C10H12BrNO2. The minimum absolute atomic E-state index is 0.0264. The number of hydrogen-bond acceptors (Lipinski definition) is 2. The summed E-state index contributed by atoms with van der Waals surface area (Å²) in [6.07, 6.45) is -0.0264. The van der Waals surface area contributed by atoms with Crippen LogP contribution in [0.1, 0.15) is 24.2 Å². The van der Waals surface area contributed by atoms with Crippen LogP contribution in [0, 0.1) is 0 Å². The molecule has 0 fully saturated rings. The molecule has 14 heavy (non-hydrogen) atoms. The van der Waals surface area contributed by atoms with Gasteiger partial charge in [-0.25, -0.2) is 5.48 Å². The first-order valence-electron chi connectivity index (χ1n) is 4.31. The summed E-state index contributed by atoms with van der Waals surface area (Å²) in [5.74, 6) is -0.244. The lowest BCUT2D eigenvalue weighted by Gasteiger charge is -2.09. The van der Waals surface area contributed by atoms with Crippen molar-refractivity contribution in [1.82, 2.24) is 5.48 Å². The van der Waals surface area contributed by atoms with E-state index < -0.39 is 0 Å². The van der Waals surface area contributed by atoms with Gasteiger partial charge in [0, 0.05) is 4.47 Å². The van der Waals surface area contributed by atoms with E-state index in [9.17, 15) is 4.79 Å². The molecular weight excluding hydrogens is 246 g/mol. The molecule has 3 nitrogen and oxygen atoms in total. The standard InChI is InChI=1S/C10H12BrNO2/c1-7(2)14-12-10(13)8-5-3-4-6-9(8)11/h3-7H,1-2H3,(H,12,13). The van der Waals surface area contributed by atoms with Gasteiger partial charge in [0.1, 0.15) is 0 Å². The zero-order chi connectivity index (χ0) is 10.6. The fraction of sp³-hybridized carbons (Fsp3) is 0.300. The molecule has 0 heterocycles. The summed E-state index contributed by atoms with van der Waals surface area (Å²) in [7, 11) is 0. The predicted octanol–water partition coefficient (Wildman–Crippen LogP) is 2.52. The fourth-order valence-electron chi connectivity index (χ4n) is 0.872. The van der Waals surface area contributed by atoms with Crippen molar-refractivity contribution < 1.29 is 9.63 Å². The number of benzene rings is 1. The van der Waals surface area contributed by atoms with Crippen LogP contribution in [-0.4, -0.2) is 12.0 Å². The highest BCUT2D eigenvalue weighted by Crippen LogP contribution is 2.15. The van der Waals surface area contributed by atoms with E-state index in [1.54, 1.807) is 12.1 Å². The molecule has 4 heteroatoms. The number of nitrogens with one attached hydrogen (secondary N) is 1. The number of carbonyl (C=O) groups is 1. The highest BCUT2D eigenvalue weighted by atomic mass is 79.9. The SMILES string of the molecule is CC(C)ONC(=O)c1ccccc1Br. The summed E-state index contributed by atoms with van der Waals surface area (Å²) in [6.45, 7) is 3.70. The Kier molecular flexibility index (Phi) is 4.10. The molecule has 1 rings (SSSR count). The van der Waals surface area contributed by atoms with Gasteiger partial charge in [0.05, 0.1) is 11.7 Å². The number of halogens is 1. The third-order valence-corrected chi connectivity index (χ3v) is 2.20. The van der Waals surface area contributed by atoms with Crippen LogP contribution in [0.4, 0.5) is 0 Å². The highest BCUT2D eigenvalue weighted by Gasteiger charge is 2.08. The number of hydroxylamine groups is 1. The van der Waals surface area contributed by atoms with Crippen molar-refractivity contribution in [3.05, 3.63) is 34.3 Å². The second-order valence-electron chi connectivity index (χ2n) is 3.08. The Balaban J connectivity index is 2.65. The number of amides is 1. The first-order valence-corrected chi connectivity index (χ1v) is 5.11. The molecule has 0 atom stereocenters. The molecule has 0 saturated carbocycles. The molecule has 1 amide bonds. The van der Waals surface area contributed by atoms with Gasteiger partial charge in [-0.05, 0) is 41.9 Å². The summed E-state index contributed by atoms with van der Waals surface area (Å²) in [6, 6.07) is 7.19. The number of carbonyl (C=O) groups excluding carboxylic acids is 1. The maximum atomic E-state index is 11.5. The molecule has 0 aliphatic heterocycles. The minimum atomic E-state index is -0.244. The highest BCUT2D eigenvalue weighted by molar-refractivity contribution is 9.10. The largest absolute Gasteiger partial charge is 0.275 e. The van der Waals surface area contributed by atoms with Crippen LogP contribution < -0.4 is 5.48 Å². The van der Waals surface area contributed by atoms with Crippen LogP contribution in [0.25, 0.3) is 0 Å². The predicted molar refractivity (Wildman–Crippen MR) is 57.8 cm³/mol. The third-order valence-electron chi connectivity index (χ3n) is 1.51. The second kappa shape index (κ2) is 5.12. The summed E-state index contributed by atoms with van der Waals surface area (Å²) >= 11 is 3.29. The monoisotopic (exact) mass is 257 g/mol. The Labute approximate surface area is 91.5 Å². The molecule has 76 valence electrons. The van der Waals surface area contributed by atoms with Crippen molar-refractivity contribution in [3.63, 3.8) is 0 Å². The summed E-state index contributed by atoms with van der Waals surface area (Å²) in [5, 5.41) is 0. The van der Waals surface area contributed by atoms with E-state index in [0.717, 1.165) is 4.47 Å². The first-order chi connectivity index (χ1) is 6.61. The Morgan fingerprint density at radius 3 is 2.64 bits per heavy atom. The Morgan fingerprint density at radius 1 is 1.43 bits per heavy atom. The van der Waals surface area contributed by atoms with Gasteiger partial charge in [0.25, 0.3) is 5.91 Å². The van der Waals surface area contributed by atoms with Crippen molar-refractivity contribution in [2.75, 3.05) is 0 Å². The van der Waals surface area contributed by atoms with E-state index >= 15 is 0 Å². The van der Waals surface area contributed by atoms with E-state index in [1.807, 2.05) is 26.0 Å². The van der Waals surface area contributed by atoms with Gasteiger partial charge in [-0.2, -0.15) is 0 Å². The van der Waals surface area contributed by atoms with E-state index in [-0.39, 0.29) is 12.0 Å². The zero-order valence-electron chi connectivity index (χ0n) is 8.08. The van der Waals surface area contributed by atoms with Gasteiger partial charge in [0.2, 0.25) is 0 Å². The molecule has 0 unspecified atom stereocenters. The van der Waals surface area contributed by atoms with Crippen LogP contribution in [0.3, 0.4) is 0 Å². The molecule has 0 saturated heterocycles. The first kappa shape index (κ1) is 11.2. The maximum absolute atomic E-state index is 11.5. The van der Waals surface area contributed by atoms with Crippen molar-refractivity contribution in [2.24, 2.45) is 0 Å². The van der Waals surface area contributed by atoms with Gasteiger partial charge in [-0.3, -0.25) is 9.63 Å². The smallest absolute Gasteiger partial charge is 0.271 e. The second-order valence-corrected chi connectivity index (χ2v) is 3.93. The van der Waals surface area contributed by atoms with Crippen LogP contribution in [0.5, 0.6) is 0 Å². The van der Waals surface area contributed by atoms with Gasteiger partial charge < -0.3 is 0 Å². The molecule has 0 spiro atoms. The Hall–Kier alpha value is -0.870. The van der Waals surface area contributed by atoms with Crippen LogP contribution in [-0.2, 0) is 4.84 Å². The van der Waals surface area contributed by atoms with Crippen molar-refractivity contribution >= 4 is 21.8 Å². The lowest BCUT2D eigenvalue weighted by atomic mass is 10.2. The molecule has 0 aromatic heterocycles. The maximum Gasteiger partial charge on any atom is 0.275 e. The number of rotatable bonds is 3. The van der Waals surface area contributed by atoms with E-state index in [0.29, 0.717) is 5.56 Å². The van der Waals surface area contributed by atoms with Crippen LogP contribution in [0.2, 0.25) is 0 Å².